The maximum atomic E-state index is 12.8. The molecule has 1 atom stereocenters. The van der Waals surface area contributed by atoms with Gasteiger partial charge < -0.3 is 0 Å². The zero-order valence-corrected chi connectivity index (χ0v) is 14.4. The molecule has 1 aromatic carbocycles. The lowest BCUT2D eigenvalue weighted by molar-refractivity contribution is 0.281. The molecule has 1 aromatic heterocycles. The van der Waals surface area contributed by atoms with E-state index >= 15 is 0 Å². The summed E-state index contributed by atoms with van der Waals surface area (Å²) in [6, 6.07) is 5.01. The molecule has 0 N–H and O–H groups in total. The zero-order valence-electron chi connectivity index (χ0n) is 12.8. The van der Waals surface area contributed by atoms with Crippen LogP contribution in [0.4, 0.5) is 0 Å². The molecule has 0 amide bonds. The summed E-state index contributed by atoms with van der Waals surface area (Å²) in [5.74, 6) is 0.393. The summed E-state index contributed by atoms with van der Waals surface area (Å²) < 4.78 is 29.5. The highest BCUT2D eigenvalue weighted by atomic mass is 32.2. The van der Waals surface area contributed by atoms with Crippen LogP contribution in [0.5, 0.6) is 0 Å². The van der Waals surface area contributed by atoms with Crippen LogP contribution in [0.25, 0.3) is 10.2 Å². The Labute approximate surface area is 134 Å². The average molecular weight is 340 g/mol. The first-order chi connectivity index (χ1) is 10.4. The summed E-state index contributed by atoms with van der Waals surface area (Å²) in [7, 11) is -3.47. The van der Waals surface area contributed by atoms with E-state index in [9.17, 15) is 13.2 Å². The molecule has 0 spiro atoms. The predicted octanol–water partition coefficient (Wildman–Crippen LogP) is 2.50. The van der Waals surface area contributed by atoms with Gasteiger partial charge in [-0.05, 0) is 43.9 Å². The van der Waals surface area contributed by atoms with E-state index in [2.05, 4.69) is 6.92 Å². The van der Waals surface area contributed by atoms with Crippen molar-refractivity contribution in [2.45, 2.75) is 38.1 Å². The van der Waals surface area contributed by atoms with E-state index in [1.54, 1.807) is 27.1 Å². The first-order valence-electron chi connectivity index (χ1n) is 7.57. The number of nitrogens with zero attached hydrogens (tertiary/aromatic N) is 2. The number of hydrogen-bond donors (Lipinski definition) is 0. The summed E-state index contributed by atoms with van der Waals surface area (Å²) in [6.45, 7) is 5.74. The van der Waals surface area contributed by atoms with Crippen molar-refractivity contribution in [1.82, 2.24) is 8.87 Å². The summed E-state index contributed by atoms with van der Waals surface area (Å²) in [5, 5.41) is 0. The molecule has 7 heteroatoms. The Balaban J connectivity index is 2.04. The normalized spacial score (nSPS) is 20.5. The topological polar surface area (TPSA) is 59.4 Å². The van der Waals surface area contributed by atoms with Gasteiger partial charge in [0.2, 0.25) is 10.0 Å². The smallest absolute Gasteiger partial charge is 0.299 e. The van der Waals surface area contributed by atoms with Gasteiger partial charge in [0.15, 0.2) is 0 Å². The second-order valence-electron chi connectivity index (χ2n) is 5.85. The molecule has 5 nitrogen and oxygen atoms in total. The standard InChI is InChI=1S/C15H20N2O3S2/c1-3-17-13-7-6-12(9-14(13)21-15(17)18)22(19,20)16-8-4-5-11(2)10-16/h6-7,9,11H,3-5,8,10H2,1-2H3/t11-/m0/s1. The largest absolute Gasteiger partial charge is 0.308 e. The number of sulfonamides is 1. The van der Waals surface area contributed by atoms with Crippen molar-refractivity contribution < 1.29 is 8.42 Å². The van der Waals surface area contributed by atoms with Crippen LogP contribution in [0, 0.1) is 5.92 Å². The number of piperidine rings is 1. The summed E-state index contributed by atoms with van der Waals surface area (Å²) >= 11 is 1.11. The van der Waals surface area contributed by atoms with Crippen molar-refractivity contribution in [2.75, 3.05) is 13.1 Å². The van der Waals surface area contributed by atoms with Crippen molar-refractivity contribution in [1.29, 1.82) is 0 Å². The number of benzene rings is 1. The highest BCUT2D eigenvalue weighted by Crippen LogP contribution is 2.27. The Hall–Kier alpha value is -1.18. The highest BCUT2D eigenvalue weighted by Gasteiger charge is 2.29. The second kappa shape index (κ2) is 5.79. The number of thiazole rings is 1. The lowest BCUT2D eigenvalue weighted by Crippen LogP contribution is -2.39. The number of aryl methyl sites for hydroxylation is 1. The lowest BCUT2D eigenvalue weighted by atomic mass is 10.0. The van der Waals surface area contributed by atoms with Crippen LogP contribution in [0.1, 0.15) is 26.7 Å². The fourth-order valence-corrected chi connectivity index (χ4v) is 5.71. The minimum atomic E-state index is -3.47. The van der Waals surface area contributed by atoms with Crippen LogP contribution >= 0.6 is 11.3 Å². The van der Waals surface area contributed by atoms with Gasteiger partial charge >= 0.3 is 4.87 Å². The molecule has 3 rings (SSSR count). The number of fused-ring (bicyclic) bond motifs is 1. The van der Waals surface area contributed by atoms with Gasteiger partial charge in [-0.15, -0.1) is 0 Å². The highest BCUT2D eigenvalue weighted by molar-refractivity contribution is 7.89. The third-order valence-electron chi connectivity index (χ3n) is 4.21. The molecule has 0 saturated carbocycles. The Bertz CT molecular complexity index is 851. The summed E-state index contributed by atoms with van der Waals surface area (Å²) in [6.07, 6.45) is 1.98. The van der Waals surface area contributed by atoms with E-state index in [1.807, 2.05) is 6.92 Å². The Morgan fingerprint density at radius 3 is 2.82 bits per heavy atom. The minimum Gasteiger partial charge on any atom is -0.299 e. The Kier molecular flexibility index (Phi) is 4.13. The van der Waals surface area contributed by atoms with E-state index < -0.39 is 10.0 Å². The quantitative estimate of drug-likeness (QED) is 0.862. The first-order valence-corrected chi connectivity index (χ1v) is 9.82. The fraction of sp³-hybridized carbons (Fsp3) is 0.533. The number of rotatable bonds is 3. The molecule has 2 heterocycles. The van der Waals surface area contributed by atoms with Crippen LogP contribution in [0.2, 0.25) is 0 Å². The van der Waals surface area contributed by atoms with Crippen LogP contribution < -0.4 is 4.87 Å². The second-order valence-corrected chi connectivity index (χ2v) is 8.78. The summed E-state index contributed by atoms with van der Waals surface area (Å²) in [4.78, 5) is 12.1. The molecule has 2 aromatic rings. The molecule has 120 valence electrons. The van der Waals surface area contributed by atoms with Gasteiger partial charge in [-0.3, -0.25) is 9.36 Å². The van der Waals surface area contributed by atoms with Crippen molar-refractivity contribution in [3.63, 3.8) is 0 Å². The average Bonchev–Trinajstić information content (AvgIpc) is 2.81. The van der Waals surface area contributed by atoms with E-state index in [0.29, 0.717) is 30.4 Å². The van der Waals surface area contributed by atoms with Gasteiger partial charge in [0.1, 0.15) is 0 Å². The molecule has 0 radical (unpaired) electrons. The fourth-order valence-electron chi connectivity index (χ4n) is 3.02. The minimum absolute atomic E-state index is 0.0429. The van der Waals surface area contributed by atoms with Gasteiger partial charge in [-0.2, -0.15) is 4.31 Å². The number of hydrogen-bond acceptors (Lipinski definition) is 4. The van der Waals surface area contributed by atoms with Gasteiger partial charge in [-0.1, -0.05) is 18.3 Å². The molecular weight excluding hydrogens is 320 g/mol. The maximum absolute atomic E-state index is 12.8. The lowest BCUT2D eigenvalue weighted by Gasteiger charge is -2.30. The third-order valence-corrected chi connectivity index (χ3v) is 7.02. The van der Waals surface area contributed by atoms with Gasteiger partial charge in [0.05, 0.1) is 15.1 Å². The molecule has 22 heavy (non-hydrogen) atoms. The molecule has 1 fully saturated rings. The SMILES string of the molecule is CCn1c(=O)sc2cc(S(=O)(=O)N3CCC[C@H](C)C3)ccc21. The molecule has 0 aliphatic carbocycles. The van der Waals surface area contributed by atoms with Gasteiger partial charge in [0, 0.05) is 19.6 Å². The van der Waals surface area contributed by atoms with Gasteiger partial charge in [0.25, 0.3) is 0 Å². The molecule has 1 aliphatic rings. The van der Waals surface area contributed by atoms with Gasteiger partial charge in [-0.25, -0.2) is 8.42 Å². The van der Waals surface area contributed by atoms with Crippen LogP contribution in [-0.2, 0) is 16.6 Å². The molecule has 1 aliphatic heterocycles. The van der Waals surface area contributed by atoms with E-state index in [0.717, 1.165) is 34.4 Å². The van der Waals surface area contributed by atoms with Crippen molar-refractivity contribution >= 4 is 31.6 Å². The number of aromatic nitrogens is 1. The van der Waals surface area contributed by atoms with Crippen molar-refractivity contribution in [3.05, 3.63) is 27.9 Å². The van der Waals surface area contributed by atoms with Crippen LogP contribution in [0.15, 0.2) is 27.9 Å². The van der Waals surface area contributed by atoms with E-state index in [-0.39, 0.29) is 4.87 Å². The Morgan fingerprint density at radius 1 is 1.36 bits per heavy atom. The Morgan fingerprint density at radius 2 is 2.14 bits per heavy atom. The van der Waals surface area contributed by atoms with E-state index in [4.69, 9.17) is 0 Å². The summed E-state index contributed by atoms with van der Waals surface area (Å²) in [5.41, 5.74) is 0.809. The van der Waals surface area contributed by atoms with Crippen molar-refractivity contribution in [2.24, 2.45) is 5.92 Å². The van der Waals surface area contributed by atoms with Crippen LogP contribution in [-0.4, -0.2) is 30.4 Å². The molecule has 0 unspecified atom stereocenters. The maximum Gasteiger partial charge on any atom is 0.308 e. The first kappa shape index (κ1) is 15.7. The zero-order chi connectivity index (χ0) is 15.9. The van der Waals surface area contributed by atoms with Crippen LogP contribution in [0.3, 0.4) is 0 Å². The monoisotopic (exact) mass is 340 g/mol. The molecule has 1 saturated heterocycles. The predicted molar refractivity (Wildman–Crippen MR) is 88.9 cm³/mol. The van der Waals surface area contributed by atoms with E-state index in [1.165, 1.54) is 0 Å². The third kappa shape index (κ3) is 2.61. The molecular formula is C15H20N2O3S2. The molecule has 0 bridgehead atoms. The van der Waals surface area contributed by atoms with Crippen molar-refractivity contribution in [3.8, 4) is 0 Å².